The third kappa shape index (κ3) is 3.93. The Morgan fingerprint density at radius 1 is 1.08 bits per heavy atom. The van der Waals surface area contributed by atoms with Crippen molar-refractivity contribution < 1.29 is 0 Å². The van der Waals surface area contributed by atoms with E-state index in [4.69, 9.17) is 17.3 Å². The number of anilines is 3. The number of rotatable bonds is 4. The van der Waals surface area contributed by atoms with E-state index in [1.165, 1.54) is 0 Å². The van der Waals surface area contributed by atoms with Gasteiger partial charge in [-0.3, -0.25) is 4.90 Å². The van der Waals surface area contributed by atoms with Gasteiger partial charge in [0, 0.05) is 40.3 Å². The van der Waals surface area contributed by atoms with Gasteiger partial charge in [0.2, 0.25) is 11.9 Å². The van der Waals surface area contributed by atoms with E-state index in [0.29, 0.717) is 11.8 Å². The van der Waals surface area contributed by atoms with E-state index in [9.17, 15) is 0 Å². The van der Waals surface area contributed by atoms with E-state index in [1.807, 2.05) is 37.2 Å². The highest BCUT2D eigenvalue weighted by Gasteiger charge is 2.25. The van der Waals surface area contributed by atoms with Crippen molar-refractivity contribution in [2.75, 3.05) is 55.8 Å². The molecule has 1 aliphatic rings. The first-order valence-corrected chi connectivity index (χ1v) is 8.76. The van der Waals surface area contributed by atoms with Crippen molar-refractivity contribution in [3.63, 3.8) is 0 Å². The van der Waals surface area contributed by atoms with Gasteiger partial charge in [0.1, 0.15) is 0 Å². The van der Waals surface area contributed by atoms with Gasteiger partial charge in [-0.15, -0.1) is 0 Å². The predicted octanol–water partition coefficient (Wildman–Crippen LogP) is 2.06. The lowest BCUT2D eigenvalue weighted by Crippen LogP contribution is -2.47. The van der Waals surface area contributed by atoms with Crippen LogP contribution in [-0.2, 0) is 0 Å². The molecule has 0 bridgehead atoms. The summed E-state index contributed by atoms with van der Waals surface area (Å²) >= 11 is 6.32. The third-order valence-electron chi connectivity index (χ3n) is 4.49. The van der Waals surface area contributed by atoms with Crippen molar-refractivity contribution in [3.8, 4) is 0 Å². The van der Waals surface area contributed by atoms with E-state index in [0.717, 1.165) is 36.9 Å². The minimum Gasteiger partial charge on any atom is -0.368 e. The summed E-state index contributed by atoms with van der Waals surface area (Å²) in [5, 5.41) is 0.796. The second-order valence-electron chi connectivity index (χ2n) is 6.40. The molecule has 0 radical (unpaired) electrons. The smallest absolute Gasteiger partial charge is 0.229 e. The fourth-order valence-corrected chi connectivity index (χ4v) is 3.26. The average Bonchev–Trinajstić information content (AvgIpc) is 2.61. The van der Waals surface area contributed by atoms with E-state index in [2.05, 4.69) is 37.7 Å². The minimum absolute atomic E-state index is 0.0809. The zero-order valence-electron chi connectivity index (χ0n) is 14.9. The zero-order chi connectivity index (χ0) is 18.0. The standard InChI is InChI=1S/C17H24ClN7/c1-12(15-20-16(19)22-17(21-15)23(2)3)24-8-10-25(11-9-24)14-7-5-4-6-13(14)18/h4-7,12H,8-11H2,1-3H3,(H2,19,20,21,22). The summed E-state index contributed by atoms with van der Waals surface area (Å²) in [5.41, 5.74) is 6.94. The molecule has 1 atom stereocenters. The number of benzene rings is 1. The molecule has 7 nitrogen and oxygen atoms in total. The molecule has 2 aromatic rings. The van der Waals surface area contributed by atoms with E-state index in [1.54, 1.807) is 0 Å². The first-order valence-electron chi connectivity index (χ1n) is 8.38. The Morgan fingerprint density at radius 3 is 2.40 bits per heavy atom. The van der Waals surface area contributed by atoms with Crippen molar-refractivity contribution in [1.82, 2.24) is 19.9 Å². The summed E-state index contributed by atoms with van der Waals surface area (Å²) in [6.07, 6.45) is 0. The molecule has 134 valence electrons. The van der Waals surface area contributed by atoms with Gasteiger partial charge in [0.15, 0.2) is 5.82 Å². The molecule has 1 unspecified atom stereocenters. The number of nitrogen functional groups attached to an aromatic ring is 1. The van der Waals surface area contributed by atoms with Crippen molar-refractivity contribution in [1.29, 1.82) is 0 Å². The van der Waals surface area contributed by atoms with Crippen LogP contribution in [-0.4, -0.2) is 60.1 Å². The number of piperazine rings is 1. The second-order valence-corrected chi connectivity index (χ2v) is 6.80. The maximum absolute atomic E-state index is 6.32. The summed E-state index contributed by atoms with van der Waals surface area (Å²) in [4.78, 5) is 19.6. The van der Waals surface area contributed by atoms with E-state index >= 15 is 0 Å². The molecule has 0 spiro atoms. The first-order chi connectivity index (χ1) is 12.0. The monoisotopic (exact) mass is 361 g/mol. The largest absolute Gasteiger partial charge is 0.368 e. The average molecular weight is 362 g/mol. The topological polar surface area (TPSA) is 74.4 Å². The van der Waals surface area contributed by atoms with Gasteiger partial charge in [-0.2, -0.15) is 15.0 Å². The van der Waals surface area contributed by atoms with Crippen molar-refractivity contribution in [2.45, 2.75) is 13.0 Å². The van der Waals surface area contributed by atoms with Crippen LogP contribution < -0.4 is 15.5 Å². The number of nitrogens with zero attached hydrogens (tertiary/aromatic N) is 6. The van der Waals surface area contributed by atoms with Crippen LogP contribution in [0.25, 0.3) is 0 Å². The van der Waals surface area contributed by atoms with Gasteiger partial charge in [-0.1, -0.05) is 23.7 Å². The Hall–Kier alpha value is -2.12. The van der Waals surface area contributed by atoms with Gasteiger partial charge in [-0.25, -0.2) is 0 Å². The number of hydrogen-bond acceptors (Lipinski definition) is 7. The molecule has 1 fully saturated rings. The number of nitrogens with two attached hydrogens (primary N) is 1. The Morgan fingerprint density at radius 2 is 1.76 bits per heavy atom. The Kier molecular flexibility index (Phi) is 5.24. The maximum Gasteiger partial charge on any atom is 0.229 e. The van der Waals surface area contributed by atoms with Gasteiger partial charge < -0.3 is 15.5 Å². The third-order valence-corrected chi connectivity index (χ3v) is 4.81. The number of hydrogen-bond donors (Lipinski definition) is 1. The highest BCUT2D eigenvalue weighted by molar-refractivity contribution is 6.33. The molecule has 0 saturated carbocycles. The molecule has 1 aromatic carbocycles. The van der Waals surface area contributed by atoms with Gasteiger partial charge in [0.25, 0.3) is 0 Å². The number of aromatic nitrogens is 3. The van der Waals surface area contributed by atoms with Crippen LogP contribution in [0.5, 0.6) is 0 Å². The molecular weight excluding hydrogens is 338 g/mol. The summed E-state index contributed by atoms with van der Waals surface area (Å²) in [7, 11) is 3.79. The summed E-state index contributed by atoms with van der Waals surface area (Å²) < 4.78 is 0. The highest BCUT2D eigenvalue weighted by Crippen LogP contribution is 2.28. The minimum atomic E-state index is 0.0809. The van der Waals surface area contributed by atoms with E-state index in [-0.39, 0.29) is 12.0 Å². The molecular formula is C17H24ClN7. The van der Waals surface area contributed by atoms with Crippen LogP contribution in [0.2, 0.25) is 5.02 Å². The maximum atomic E-state index is 6.32. The fraction of sp³-hybridized carbons (Fsp3) is 0.471. The van der Waals surface area contributed by atoms with Crippen molar-refractivity contribution in [3.05, 3.63) is 35.1 Å². The SMILES string of the molecule is CC(c1nc(N)nc(N(C)C)n1)N1CCN(c2ccccc2Cl)CC1. The molecule has 1 aromatic heterocycles. The Labute approximate surface area is 153 Å². The molecule has 8 heteroatoms. The molecule has 2 heterocycles. The van der Waals surface area contributed by atoms with Crippen LogP contribution >= 0.6 is 11.6 Å². The molecule has 1 aliphatic heterocycles. The van der Waals surface area contributed by atoms with Crippen LogP contribution in [0, 0.1) is 0 Å². The Balaban J connectivity index is 1.70. The predicted molar refractivity (Wildman–Crippen MR) is 102 cm³/mol. The molecule has 1 saturated heterocycles. The van der Waals surface area contributed by atoms with Crippen LogP contribution in [0.3, 0.4) is 0 Å². The Bertz CT molecular complexity index is 729. The lowest BCUT2D eigenvalue weighted by molar-refractivity contribution is 0.191. The number of halogens is 1. The van der Waals surface area contributed by atoms with Crippen LogP contribution in [0.1, 0.15) is 18.8 Å². The molecule has 25 heavy (non-hydrogen) atoms. The lowest BCUT2D eigenvalue weighted by Gasteiger charge is -2.38. The zero-order valence-corrected chi connectivity index (χ0v) is 15.6. The summed E-state index contributed by atoms with van der Waals surface area (Å²) in [6.45, 7) is 5.76. The molecule has 3 rings (SSSR count). The molecule has 0 amide bonds. The quantitative estimate of drug-likeness (QED) is 0.893. The lowest BCUT2D eigenvalue weighted by atomic mass is 10.2. The first kappa shape index (κ1) is 17.7. The van der Waals surface area contributed by atoms with Crippen molar-refractivity contribution in [2.24, 2.45) is 0 Å². The summed E-state index contributed by atoms with van der Waals surface area (Å²) in [5.74, 6) is 1.56. The van der Waals surface area contributed by atoms with Gasteiger partial charge in [0.05, 0.1) is 16.8 Å². The second kappa shape index (κ2) is 7.41. The fourth-order valence-electron chi connectivity index (χ4n) is 3.01. The van der Waals surface area contributed by atoms with Gasteiger partial charge in [-0.05, 0) is 19.1 Å². The molecule has 2 N–H and O–H groups in total. The summed E-state index contributed by atoms with van der Waals surface area (Å²) in [6, 6.07) is 8.06. The van der Waals surface area contributed by atoms with Crippen LogP contribution in [0.4, 0.5) is 17.6 Å². The number of para-hydroxylation sites is 1. The molecule has 0 aliphatic carbocycles. The normalized spacial score (nSPS) is 16.7. The van der Waals surface area contributed by atoms with Gasteiger partial charge >= 0.3 is 0 Å². The highest BCUT2D eigenvalue weighted by atomic mass is 35.5. The van der Waals surface area contributed by atoms with E-state index < -0.39 is 0 Å². The van der Waals surface area contributed by atoms with Crippen LogP contribution in [0.15, 0.2) is 24.3 Å². The van der Waals surface area contributed by atoms with Crippen molar-refractivity contribution >= 4 is 29.2 Å².